The fourth-order valence-corrected chi connectivity index (χ4v) is 2.29. The van der Waals surface area contributed by atoms with Gasteiger partial charge in [0, 0.05) is 10.6 Å². The van der Waals surface area contributed by atoms with Crippen LogP contribution in [0.25, 0.3) is 0 Å². The minimum Gasteiger partial charge on any atom is -0.466 e. The summed E-state index contributed by atoms with van der Waals surface area (Å²) in [6.07, 6.45) is 0.742. The summed E-state index contributed by atoms with van der Waals surface area (Å²) in [5, 5.41) is 0. The Hall–Kier alpha value is -1.56. The summed E-state index contributed by atoms with van der Waals surface area (Å²) in [7, 11) is 1.32. The second-order valence-corrected chi connectivity index (χ2v) is 4.42. The Balaban J connectivity index is 2.63. The predicted molar refractivity (Wildman–Crippen MR) is 65.0 cm³/mol. The average Bonchev–Trinajstić information content (AvgIpc) is 2.67. The maximum atomic E-state index is 11.3. The van der Waals surface area contributed by atoms with Crippen LogP contribution in [0.5, 0.6) is 0 Å². The summed E-state index contributed by atoms with van der Waals surface area (Å²) < 4.78 is 9.41. The maximum Gasteiger partial charge on any atom is 0.348 e. The van der Waals surface area contributed by atoms with Crippen molar-refractivity contribution in [1.82, 2.24) is 0 Å². The van der Waals surface area contributed by atoms with Crippen LogP contribution in [-0.2, 0) is 20.7 Å². The van der Waals surface area contributed by atoms with Gasteiger partial charge in [-0.05, 0) is 19.4 Å². The highest BCUT2D eigenvalue weighted by atomic mass is 32.1. The van der Waals surface area contributed by atoms with E-state index in [0.717, 1.165) is 4.88 Å². The number of rotatable bonds is 5. The van der Waals surface area contributed by atoms with Gasteiger partial charge in [-0.2, -0.15) is 0 Å². The van der Waals surface area contributed by atoms with Gasteiger partial charge >= 0.3 is 11.9 Å². The Morgan fingerprint density at radius 3 is 2.76 bits per heavy atom. The van der Waals surface area contributed by atoms with E-state index in [2.05, 4.69) is 4.74 Å². The van der Waals surface area contributed by atoms with Crippen LogP contribution in [-0.4, -0.2) is 25.7 Å². The van der Waals surface area contributed by atoms with E-state index in [0.29, 0.717) is 23.6 Å². The van der Waals surface area contributed by atoms with Crippen LogP contribution in [0.2, 0.25) is 0 Å². The highest BCUT2D eigenvalue weighted by molar-refractivity contribution is 7.14. The Labute approximate surface area is 104 Å². The van der Waals surface area contributed by atoms with Crippen molar-refractivity contribution in [2.45, 2.75) is 19.8 Å². The SMILES string of the molecule is CCOC(=O)CCc1sc(C(=O)OC)cc1N. The number of carbonyl (C=O) groups excluding carboxylic acids is 2. The lowest BCUT2D eigenvalue weighted by atomic mass is 10.2. The number of hydrogen-bond acceptors (Lipinski definition) is 6. The molecule has 94 valence electrons. The summed E-state index contributed by atoms with van der Waals surface area (Å²) >= 11 is 1.24. The van der Waals surface area contributed by atoms with Gasteiger partial charge in [-0.25, -0.2) is 4.79 Å². The number of ether oxygens (including phenoxy) is 2. The van der Waals surface area contributed by atoms with Gasteiger partial charge in [0.1, 0.15) is 4.88 Å². The van der Waals surface area contributed by atoms with Gasteiger partial charge in [-0.15, -0.1) is 11.3 Å². The Bertz CT molecular complexity index is 414. The quantitative estimate of drug-likeness (QED) is 0.811. The topological polar surface area (TPSA) is 78.6 Å². The monoisotopic (exact) mass is 257 g/mol. The predicted octanol–water partition coefficient (Wildman–Crippen LogP) is 1.61. The van der Waals surface area contributed by atoms with Gasteiger partial charge in [0.2, 0.25) is 0 Å². The molecule has 0 bridgehead atoms. The first-order chi connectivity index (χ1) is 8.08. The molecule has 1 aromatic heterocycles. The van der Waals surface area contributed by atoms with E-state index in [4.69, 9.17) is 10.5 Å². The molecule has 17 heavy (non-hydrogen) atoms. The zero-order valence-corrected chi connectivity index (χ0v) is 10.6. The van der Waals surface area contributed by atoms with E-state index in [1.54, 1.807) is 13.0 Å². The molecule has 1 rings (SSSR count). The maximum absolute atomic E-state index is 11.3. The first-order valence-electron chi connectivity index (χ1n) is 5.20. The van der Waals surface area contributed by atoms with Crippen molar-refractivity contribution >= 4 is 29.0 Å². The summed E-state index contributed by atoms with van der Waals surface area (Å²) in [6, 6.07) is 1.57. The number of hydrogen-bond donors (Lipinski definition) is 1. The van der Waals surface area contributed by atoms with Crippen LogP contribution in [0.15, 0.2) is 6.07 Å². The molecule has 5 nitrogen and oxygen atoms in total. The molecule has 0 saturated heterocycles. The molecule has 0 aliphatic carbocycles. The molecule has 1 heterocycles. The van der Waals surface area contributed by atoms with E-state index in [-0.39, 0.29) is 12.4 Å². The molecular formula is C11H15NO4S. The normalized spacial score (nSPS) is 10.0. The third-order valence-electron chi connectivity index (χ3n) is 2.09. The van der Waals surface area contributed by atoms with Crippen molar-refractivity contribution in [2.24, 2.45) is 0 Å². The average molecular weight is 257 g/mol. The fourth-order valence-electron chi connectivity index (χ4n) is 1.29. The molecule has 0 spiro atoms. The molecular weight excluding hydrogens is 242 g/mol. The summed E-state index contributed by atoms with van der Waals surface area (Å²) in [6.45, 7) is 2.12. The van der Waals surface area contributed by atoms with Crippen LogP contribution in [0.4, 0.5) is 5.69 Å². The van der Waals surface area contributed by atoms with Gasteiger partial charge in [-0.3, -0.25) is 4.79 Å². The Morgan fingerprint density at radius 1 is 1.47 bits per heavy atom. The lowest BCUT2D eigenvalue weighted by Crippen LogP contribution is -2.05. The number of carbonyl (C=O) groups is 2. The van der Waals surface area contributed by atoms with Crippen molar-refractivity contribution in [3.63, 3.8) is 0 Å². The number of anilines is 1. The Kier molecular flexibility index (Phi) is 4.96. The molecule has 2 N–H and O–H groups in total. The molecule has 1 aromatic rings. The van der Waals surface area contributed by atoms with Crippen molar-refractivity contribution < 1.29 is 19.1 Å². The van der Waals surface area contributed by atoms with Gasteiger partial charge in [0.05, 0.1) is 20.1 Å². The van der Waals surface area contributed by atoms with Crippen molar-refractivity contribution in [1.29, 1.82) is 0 Å². The van der Waals surface area contributed by atoms with E-state index in [1.807, 2.05) is 0 Å². The highest BCUT2D eigenvalue weighted by Gasteiger charge is 2.14. The smallest absolute Gasteiger partial charge is 0.348 e. The third kappa shape index (κ3) is 3.74. The molecule has 6 heteroatoms. The fraction of sp³-hybridized carbons (Fsp3) is 0.455. The van der Waals surface area contributed by atoms with E-state index in [1.165, 1.54) is 18.4 Å². The van der Waals surface area contributed by atoms with Gasteiger partial charge in [0.15, 0.2) is 0 Å². The molecule has 0 amide bonds. The number of nitrogens with two attached hydrogens (primary N) is 1. The molecule has 0 unspecified atom stereocenters. The summed E-state index contributed by atoms with van der Waals surface area (Å²) in [4.78, 5) is 23.7. The zero-order valence-electron chi connectivity index (χ0n) is 9.82. The van der Waals surface area contributed by atoms with Gasteiger partial charge in [-0.1, -0.05) is 0 Å². The van der Waals surface area contributed by atoms with Crippen LogP contribution in [0.1, 0.15) is 27.9 Å². The molecule has 0 fully saturated rings. The minimum absolute atomic E-state index is 0.263. The second kappa shape index (κ2) is 6.24. The van der Waals surface area contributed by atoms with Gasteiger partial charge in [0.25, 0.3) is 0 Å². The third-order valence-corrected chi connectivity index (χ3v) is 3.28. The Morgan fingerprint density at radius 2 is 2.18 bits per heavy atom. The zero-order chi connectivity index (χ0) is 12.8. The van der Waals surface area contributed by atoms with Gasteiger partial charge < -0.3 is 15.2 Å². The molecule has 0 aliphatic rings. The first kappa shape index (κ1) is 13.5. The molecule has 0 atom stereocenters. The molecule has 0 aromatic carbocycles. The molecule has 0 saturated carbocycles. The van der Waals surface area contributed by atoms with E-state index in [9.17, 15) is 9.59 Å². The second-order valence-electron chi connectivity index (χ2n) is 3.29. The summed E-state index contributed by atoms with van der Waals surface area (Å²) in [5.41, 5.74) is 6.26. The first-order valence-corrected chi connectivity index (χ1v) is 6.02. The standard InChI is InChI=1S/C11H15NO4S/c1-3-16-10(13)5-4-8-7(12)6-9(17-8)11(14)15-2/h6H,3-5,12H2,1-2H3. The summed E-state index contributed by atoms with van der Waals surface area (Å²) in [5.74, 6) is -0.677. The van der Waals surface area contributed by atoms with Crippen molar-refractivity contribution in [3.8, 4) is 0 Å². The largest absolute Gasteiger partial charge is 0.466 e. The number of nitrogen functional groups attached to an aromatic ring is 1. The van der Waals surface area contributed by atoms with Crippen LogP contribution < -0.4 is 5.73 Å². The number of esters is 2. The number of methoxy groups -OCH3 is 1. The lowest BCUT2D eigenvalue weighted by molar-refractivity contribution is -0.143. The van der Waals surface area contributed by atoms with Crippen LogP contribution in [0.3, 0.4) is 0 Å². The highest BCUT2D eigenvalue weighted by Crippen LogP contribution is 2.26. The lowest BCUT2D eigenvalue weighted by Gasteiger charge is -2.00. The number of thiophene rings is 1. The molecule has 0 aliphatic heterocycles. The van der Waals surface area contributed by atoms with E-state index < -0.39 is 5.97 Å². The molecule has 0 radical (unpaired) electrons. The number of aryl methyl sites for hydroxylation is 1. The van der Waals surface area contributed by atoms with Crippen molar-refractivity contribution in [2.75, 3.05) is 19.5 Å². The van der Waals surface area contributed by atoms with Crippen LogP contribution in [0, 0.1) is 0 Å². The minimum atomic E-state index is -0.413. The van der Waals surface area contributed by atoms with Crippen molar-refractivity contribution in [3.05, 3.63) is 15.8 Å². The van der Waals surface area contributed by atoms with E-state index >= 15 is 0 Å². The van der Waals surface area contributed by atoms with Crippen LogP contribution >= 0.6 is 11.3 Å².